The monoisotopic (exact) mass is 260 g/mol. The van der Waals surface area contributed by atoms with Crippen molar-refractivity contribution in [3.8, 4) is 0 Å². The molecule has 0 aliphatic carbocycles. The van der Waals surface area contributed by atoms with Crippen LogP contribution in [0, 0.1) is 0 Å². The van der Waals surface area contributed by atoms with Gasteiger partial charge in [0.15, 0.2) is 0 Å². The van der Waals surface area contributed by atoms with Gasteiger partial charge < -0.3 is 11.1 Å². The molecule has 2 nitrogen and oxygen atoms in total. The molecule has 0 aromatic heterocycles. The fraction of sp³-hybridized carbons (Fsp3) is 0.500. The Hall–Kier alpha value is -0.970. The van der Waals surface area contributed by atoms with Crippen molar-refractivity contribution in [2.45, 2.75) is 25.0 Å². The average molecular weight is 260 g/mol. The first-order chi connectivity index (χ1) is 8.04. The van der Waals surface area contributed by atoms with Crippen LogP contribution in [0.1, 0.15) is 25.3 Å². The second-order valence-electron chi connectivity index (χ2n) is 3.91. The van der Waals surface area contributed by atoms with Crippen molar-refractivity contribution >= 4 is 23.1 Å². The van der Waals surface area contributed by atoms with Crippen LogP contribution in [-0.2, 0) is 0 Å². The van der Waals surface area contributed by atoms with E-state index >= 15 is 0 Å². The molecule has 1 atom stereocenters. The molecular weight excluding hydrogens is 242 g/mol. The molecule has 0 saturated carbocycles. The molecule has 0 bridgehead atoms. The lowest BCUT2D eigenvalue weighted by Gasteiger charge is -2.12. The third-order valence-electron chi connectivity index (χ3n) is 2.60. The Kier molecular flexibility index (Phi) is 5.55. The summed E-state index contributed by atoms with van der Waals surface area (Å²) in [6.07, 6.45) is 0.607. The van der Waals surface area contributed by atoms with E-state index in [-0.39, 0.29) is 5.56 Å². The van der Waals surface area contributed by atoms with Crippen LogP contribution < -0.4 is 11.1 Å². The van der Waals surface area contributed by atoms with Gasteiger partial charge in [0, 0.05) is 17.4 Å². The zero-order chi connectivity index (χ0) is 12.8. The van der Waals surface area contributed by atoms with Crippen LogP contribution in [0.4, 0.5) is 20.2 Å². The van der Waals surface area contributed by atoms with Gasteiger partial charge in [0.25, 0.3) is 6.43 Å². The number of rotatable bonds is 6. The number of nitrogen functional groups attached to an aromatic ring is 1. The van der Waals surface area contributed by atoms with Gasteiger partial charge in [0.05, 0.1) is 11.4 Å². The highest BCUT2D eigenvalue weighted by atomic mass is 32.2. The molecule has 0 saturated heterocycles. The van der Waals surface area contributed by atoms with Crippen LogP contribution in [0.2, 0.25) is 0 Å². The Balaban J connectivity index is 2.55. The molecule has 0 heterocycles. The maximum atomic E-state index is 12.4. The van der Waals surface area contributed by atoms with Crippen LogP contribution in [0.15, 0.2) is 18.2 Å². The van der Waals surface area contributed by atoms with Crippen molar-refractivity contribution in [1.29, 1.82) is 0 Å². The van der Waals surface area contributed by atoms with Gasteiger partial charge in [-0.1, -0.05) is 13.0 Å². The van der Waals surface area contributed by atoms with E-state index < -0.39 is 6.43 Å². The summed E-state index contributed by atoms with van der Waals surface area (Å²) in [7, 11) is 0. The van der Waals surface area contributed by atoms with E-state index in [1.165, 1.54) is 12.1 Å². The minimum Gasteiger partial charge on any atom is -0.397 e. The van der Waals surface area contributed by atoms with Crippen LogP contribution in [0.5, 0.6) is 0 Å². The summed E-state index contributed by atoms with van der Waals surface area (Å²) >= 11 is 1.80. The second-order valence-corrected chi connectivity index (χ2v) is 5.19. The summed E-state index contributed by atoms with van der Waals surface area (Å²) in [5.41, 5.74) is 6.77. The molecular formula is C12H18F2N2S. The van der Waals surface area contributed by atoms with Crippen molar-refractivity contribution in [3.05, 3.63) is 23.8 Å². The highest BCUT2D eigenvalue weighted by Crippen LogP contribution is 2.26. The summed E-state index contributed by atoms with van der Waals surface area (Å²) in [6.45, 7) is 2.94. The summed E-state index contributed by atoms with van der Waals surface area (Å²) < 4.78 is 24.8. The largest absolute Gasteiger partial charge is 0.397 e. The first-order valence-corrected chi connectivity index (χ1v) is 6.77. The number of alkyl halides is 2. The van der Waals surface area contributed by atoms with Crippen molar-refractivity contribution < 1.29 is 8.78 Å². The maximum absolute atomic E-state index is 12.4. The number of nitrogens with two attached hydrogens (primary N) is 1. The number of nitrogens with one attached hydrogen (secondary N) is 1. The Morgan fingerprint density at radius 1 is 1.41 bits per heavy atom. The van der Waals surface area contributed by atoms with Crippen LogP contribution >= 0.6 is 11.8 Å². The minimum absolute atomic E-state index is 0.0365. The van der Waals surface area contributed by atoms with E-state index in [4.69, 9.17) is 5.73 Å². The maximum Gasteiger partial charge on any atom is 0.263 e. The van der Waals surface area contributed by atoms with Gasteiger partial charge in [-0.15, -0.1) is 0 Å². The fourth-order valence-electron chi connectivity index (χ4n) is 1.41. The Morgan fingerprint density at radius 3 is 2.65 bits per heavy atom. The fourth-order valence-corrected chi connectivity index (χ4v) is 1.76. The van der Waals surface area contributed by atoms with Gasteiger partial charge >= 0.3 is 0 Å². The van der Waals surface area contributed by atoms with E-state index in [1.807, 2.05) is 0 Å². The van der Waals surface area contributed by atoms with Gasteiger partial charge in [-0.3, -0.25) is 0 Å². The summed E-state index contributed by atoms with van der Waals surface area (Å²) in [6, 6.07) is 4.34. The van der Waals surface area contributed by atoms with Crippen LogP contribution in [-0.4, -0.2) is 18.1 Å². The number of thioether (sulfide) groups is 1. The van der Waals surface area contributed by atoms with Crippen molar-refractivity contribution in [3.63, 3.8) is 0 Å². The Labute approximate surface area is 105 Å². The molecule has 1 rings (SSSR count). The van der Waals surface area contributed by atoms with E-state index in [0.29, 0.717) is 10.9 Å². The van der Waals surface area contributed by atoms with E-state index in [0.717, 1.165) is 18.7 Å². The first kappa shape index (κ1) is 14.1. The molecule has 5 heteroatoms. The lowest BCUT2D eigenvalue weighted by atomic mass is 10.1. The zero-order valence-electron chi connectivity index (χ0n) is 10.0. The third kappa shape index (κ3) is 4.42. The molecule has 1 unspecified atom stereocenters. The number of anilines is 2. The zero-order valence-corrected chi connectivity index (χ0v) is 10.9. The van der Waals surface area contributed by atoms with E-state index in [1.54, 1.807) is 17.8 Å². The summed E-state index contributed by atoms with van der Waals surface area (Å²) in [5, 5.41) is 3.73. The predicted molar refractivity (Wildman–Crippen MR) is 71.9 cm³/mol. The Bertz CT molecular complexity index is 358. The lowest BCUT2D eigenvalue weighted by molar-refractivity contribution is 0.151. The second kappa shape index (κ2) is 6.69. The van der Waals surface area contributed by atoms with Gasteiger partial charge in [-0.05, 0) is 24.8 Å². The third-order valence-corrected chi connectivity index (χ3v) is 3.64. The molecule has 0 amide bonds. The van der Waals surface area contributed by atoms with Gasteiger partial charge in [0.1, 0.15) is 0 Å². The normalized spacial score (nSPS) is 12.8. The smallest absolute Gasteiger partial charge is 0.263 e. The summed E-state index contributed by atoms with van der Waals surface area (Å²) in [5.74, 6) is 0. The number of hydrogen-bond acceptors (Lipinski definition) is 3. The topological polar surface area (TPSA) is 38.0 Å². The van der Waals surface area contributed by atoms with Crippen molar-refractivity contribution in [2.24, 2.45) is 0 Å². The molecule has 3 N–H and O–H groups in total. The molecule has 0 spiro atoms. The van der Waals surface area contributed by atoms with Crippen molar-refractivity contribution in [1.82, 2.24) is 0 Å². The summed E-state index contributed by atoms with van der Waals surface area (Å²) in [4.78, 5) is 0. The van der Waals surface area contributed by atoms with Crippen LogP contribution in [0.3, 0.4) is 0 Å². The molecule has 0 aliphatic rings. The SMILES string of the molecule is CSC(C)CCNc1ccc(C(F)F)cc1N. The number of halogens is 2. The quantitative estimate of drug-likeness (QED) is 0.765. The van der Waals surface area contributed by atoms with Gasteiger partial charge in [0.2, 0.25) is 0 Å². The predicted octanol–water partition coefficient (Wildman–Crippen LogP) is 3.76. The molecule has 0 aliphatic heterocycles. The minimum atomic E-state index is -2.47. The van der Waals surface area contributed by atoms with Gasteiger partial charge in [-0.2, -0.15) is 11.8 Å². The number of benzene rings is 1. The standard InChI is InChI=1S/C12H18F2N2S/c1-8(17-2)5-6-16-11-4-3-9(12(13)14)7-10(11)15/h3-4,7-8,12,16H,5-6,15H2,1-2H3. The first-order valence-electron chi connectivity index (χ1n) is 5.48. The molecule has 17 heavy (non-hydrogen) atoms. The van der Waals surface area contributed by atoms with Crippen molar-refractivity contribution in [2.75, 3.05) is 23.9 Å². The van der Waals surface area contributed by atoms with Gasteiger partial charge in [-0.25, -0.2) is 8.78 Å². The molecule has 0 fully saturated rings. The number of hydrogen-bond donors (Lipinski definition) is 2. The molecule has 0 radical (unpaired) electrons. The molecule has 1 aromatic carbocycles. The van der Waals surface area contributed by atoms with E-state index in [9.17, 15) is 8.78 Å². The Morgan fingerprint density at radius 2 is 2.12 bits per heavy atom. The van der Waals surface area contributed by atoms with E-state index in [2.05, 4.69) is 18.5 Å². The molecule has 1 aromatic rings. The highest BCUT2D eigenvalue weighted by molar-refractivity contribution is 7.99. The lowest BCUT2D eigenvalue weighted by Crippen LogP contribution is -2.09. The average Bonchev–Trinajstić information content (AvgIpc) is 2.30. The van der Waals surface area contributed by atoms with Crippen LogP contribution in [0.25, 0.3) is 0 Å². The molecule has 96 valence electrons. The highest BCUT2D eigenvalue weighted by Gasteiger charge is 2.09.